The Hall–Kier alpha value is -2.57. The van der Waals surface area contributed by atoms with Gasteiger partial charge in [0, 0.05) is 18.0 Å². The van der Waals surface area contributed by atoms with Gasteiger partial charge in [-0.05, 0) is 43.7 Å². The van der Waals surface area contributed by atoms with Crippen molar-refractivity contribution in [3.05, 3.63) is 83.8 Å². The molecule has 0 bridgehead atoms. The molecule has 0 radical (unpaired) electrons. The van der Waals surface area contributed by atoms with E-state index in [0.717, 1.165) is 22.6 Å². The number of furan rings is 1. The van der Waals surface area contributed by atoms with E-state index in [1.54, 1.807) is 37.6 Å². The quantitative estimate of drug-likeness (QED) is 0.634. The maximum atomic E-state index is 12.5. The minimum absolute atomic E-state index is 0.114. The van der Waals surface area contributed by atoms with Crippen LogP contribution in [0.25, 0.3) is 0 Å². The fourth-order valence-electron chi connectivity index (χ4n) is 3.03. The van der Waals surface area contributed by atoms with Gasteiger partial charge in [0.05, 0.1) is 18.3 Å². The molecule has 1 aromatic heterocycles. The van der Waals surface area contributed by atoms with Gasteiger partial charge in [0.1, 0.15) is 11.5 Å². The number of hydrogen-bond donors (Lipinski definition) is 1. The van der Waals surface area contributed by atoms with Crippen molar-refractivity contribution in [2.45, 2.75) is 24.2 Å². The Morgan fingerprint density at radius 3 is 2.44 bits per heavy atom. The first-order valence-electron chi connectivity index (χ1n) is 8.74. The van der Waals surface area contributed by atoms with Crippen LogP contribution in [0.1, 0.15) is 29.2 Å². The molecule has 3 aromatic rings. The van der Waals surface area contributed by atoms with E-state index in [2.05, 4.69) is 4.72 Å². The Kier molecular flexibility index (Phi) is 5.98. The summed E-state index contributed by atoms with van der Waals surface area (Å²) in [6, 6.07) is 18.2. The summed E-state index contributed by atoms with van der Waals surface area (Å²) in [7, 11) is -1.93. The number of sulfonamides is 1. The van der Waals surface area contributed by atoms with Gasteiger partial charge in [-0.1, -0.05) is 35.9 Å². The molecule has 27 heavy (non-hydrogen) atoms. The third-order valence-corrected chi connectivity index (χ3v) is 5.93. The van der Waals surface area contributed by atoms with E-state index in [9.17, 15) is 8.42 Å². The van der Waals surface area contributed by atoms with Crippen LogP contribution in [0.15, 0.2) is 76.2 Å². The van der Waals surface area contributed by atoms with Crippen LogP contribution in [-0.4, -0.2) is 22.1 Å². The first-order valence-corrected chi connectivity index (χ1v) is 10.2. The highest BCUT2D eigenvalue weighted by molar-refractivity contribution is 7.89. The second-order valence-corrected chi connectivity index (χ2v) is 8.08. The SMILES string of the molecule is COc1ccccc1[C@H](CCNS(=O)(=O)c1ccc(C)cc1)c1ccco1. The summed E-state index contributed by atoms with van der Waals surface area (Å²) in [5, 5.41) is 0. The zero-order chi connectivity index (χ0) is 19.3. The van der Waals surface area contributed by atoms with E-state index in [0.29, 0.717) is 6.42 Å². The monoisotopic (exact) mass is 385 g/mol. The zero-order valence-corrected chi connectivity index (χ0v) is 16.2. The molecule has 0 saturated carbocycles. The Balaban J connectivity index is 1.77. The number of rotatable bonds is 8. The lowest BCUT2D eigenvalue weighted by Crippen LogP contribution is -2.26. The van der Waals surface area contributed by atoms with E-state index >= 15 is 0 Å². The van der Waals surface area contributed by atoms with Gasteiger partial charge >= 0.3 is 0 Å². The average Bonchev–Trinajstić information content (AvgIpc) is 3.20. The van der Waals surface area contributed by atoms with Crippen molar-refractivity contribution < 1.29 is 17.6 Å². The van der Waals surface area contributed by atoms with Gasteiger partial charge in [0.25, 0.3) is 0 Å². The molecule has 0 fully saturated rings. The Morgan fingerprint density at radius 1 is 1.04 bits per heavy atom. The number of methoxy groups -OCH3 is 1. The van der Waals surface area contributed by atoms with Crippen LogP contribution in [0.5, 0.6) is 5.75 Å². The van der Waals surface area contributed by atoms with E-state index in [1.807, 2.05) is 43.3 Å². The van der Waals surface area contributed by atoms with E-state index in [4.69, 9.17) is 9.15 Å². The molecule has 0 spiro atoms. The van der Waals surface area contributed by atoms with Gasteiger partial charge in [0.2, 0.25) is 10.0 Å². The summed E-state index contributed by atoms with van der Waals surface area (Å²) < 4.78 is 38.8. The smallest absolute Gasteiger partial charge is 0.240 e. The molecule has 0 saturated heterocycles. The summed E-state index contributed by atoms with van der Waals surface area (Å²) in [5.41, 5.74) is 1.98. The largest absolute Gasteiger partial charge is 0.496 e. The van der Waals surface area contributed by atoms with Gasteiger partial charge in [-0.25, -0.2) is 13.1 Å². The van der Waals surface area contributed by atoms with Crippen molar-refractivity contribution in [3.63, 3.8) is 0 Å². The molecule has 0 unspecified atom stereocenters. The fraction of sp³-hybridized carbons (Fsp3) is 0.238. The Bertz CT molecular complexity index is 964. The molecular formula is C21H23NO4S. The molecule has 0 aliphatic rings. The highest BCUT2D eigenvalue weighted by Gasteiger charge is 2.22. The third-order valence-electron chi connectivity index (χ3n) is 4.46. The lowest BCUT2D eigenvalue weighted by Gasteiger charge is -2.18. The molecule has 1 N–H and O–H groups in total. The number of ether oxygens (including phenoxy) is 1. The van der Waals surface area contributed by atoms with Gasteiger partial charge in [-0.2, -0.15) is 0 Å². The summed E-state index contributed by atoms with van der Waals surface area (Å²) >= 11 is 0. The minimum Gasteiger partial charge on any atom is -0.496 e. The highest BCUT2D eigenvalue weighted by Crippen LogP contribution is 2.34. The summed E-state index contributed by atoms with van der Waals surface area (Å²) in [4.78, 5) is 0.264. The predicted molar refractivity (Wildman–Crippen MR) is 105 cm³/mol. The van der Waals surface area contributed by atoms with Crippen LogP contribution in [0.3, 0.4) is 0 Å². The van der Waals surface area contributed by atoms with Gasteiger partial charge in [-0.15, -0.1) is 0 Å². The molecule has 0 amide bonds. The second kappa shape index (κ2) is 8.41. The molecule has 142 valence electrons. The number of benzene rings is 2. The molecular weight excluding hydrogens is 362 g/mol. The predicted octanol–water partition coefficient (Wildman–Crippen LogP) is 4.10. The van der Waals surface area contributed by atoms with Crippen molar-refractivity contribution in [2.75, 3.05) is 13.7 Å². The normalized spacial score (nSPS) is 12.7. The molecule has 2 aromatic carbocycles. The Morgan fingerprint density at radius 2 is 1.78 bits per heavy atom. The van der Waals surface area contributed by atoms with Crippen molar-refractivity contribution in [1.82, 2.24) is 4.72 Å². The Labute approximate surface area is 160 Å². The third kappa shape index (κ3) is 4.59. The molecule has 0 aliphatic carbocycles. The number of para-hydroxylation sites is 1. The second-order valence-electron chi connectivity index (χ2n) is 6.31. The van der Waals surface area contributed by atoms with E-state index < -0.39 is 10.0 Å². The first-order chi connectivity index (χ1) is 13.0. The molecule has 6 heteroatoms. The topological polar surface area (TPSA) is 68.5 Å². The maximum Gasteiger partial charge on any atom is 0.240 e. The van der Waals surface area contributed by atoms with E-state index in [1.165, 1.54) is 0 Å². The summed E-state index contributed by atoms with van der Waals surface area (Å²) in [6.45, 7) is 2.20. The van der Waals surface area contributed by atoms with Crippen molar-refractivity contribution in [1.29, 1.82) is 0 Å². The number of aryl methyl sites for hydroxylation is 1. The van der Waals surface area contributed by atoms with Gasteiger partial charge < -0.3 is 9.15 Å². The number of hydrogen-bond acceptors (Lipinski definition) is 4. The van der Waals surface area contributed by atoms with Crippen LogP contribution in [-0.2, 0) is 10.0 Å². The van der Waals surface area contributed by atoms with E-state index in [-0.39, 0.29) is 17.4 Å². The van der Waals surface area contributed by atoms with Gasteiger partial charge in [-0.3, -0.25) is 0 Å². The van der Waals surface area contributed by atoms with Crippen molar-refractivity contribution in [2.24, 2.45) is 0 Å². The van der Waals surface area contributed by atoms with Crippen LogP contribution in [0.4, 0.5) is 0 Å². The average molecular weight is 385 g/mol. The molecule has 1 heterocycles. The first kappa shape index (κ1) is 19.2. The molecule has 0 aliphatic heterocycles. The number of nitrogens with one attached hydrogen (secondary N) is 1. The standard InChI is InChI=1S/C21H23NO4S/c1-16-9-11-17(12-10-16)27(23,24)22-14-13-19(21-8-5-15-26-21)18-6-3-4-7-20(18)25-2/h3-12,15,19,22H,13-14H2,1-2H3/t19-/m0/s1. The highest BCUT2D eigenvalue weighted by atomic mass is 32.2. The summed E-state index contributed by atoms with van der Waals surface area (Å²) in [5.74, 6) is 1.41. The van der Waals surface area contributed by atoms with Crippen molar-refractivity contribution in [3.8, 4) is 5.75 Å². The van der Waals surface area contributed by atoms with Crippen LogP contribution >= 0.6 is 0 Å². The summed E-state index contributed by atoms with van der Waals surface area (Å²) in [6.07, 6.45) is 2.16. The fourth-order valence-corrected chi connectivity index (χ4v) is 4.08. The molecule has 3 rings (SSSR count). The zero-order valence-electron chi connectivity index (χ0n) is 15.4. The minimum atomic E-state index is -3.55. The molecule has 5 nitrogen and oxygen atoms in total. The van der Waals surface area contributed by atoms with Crippen LogP contribution in [0, 0.1) is 6.92 Å². The maximum absolute atomic E-state index is 12.5. The van der Waals surface area contributed by atoms with Crippen molar-refractivity contribution >= 4 is 10.0 Å². The van der Waals surface area contributed by atoms with Crippen LogP contribution in [0.2, 0.25) is 0 Å². The van der Waals surface area contributed by atoms with Gasteiger partial charge in [0.15, 0.2) is 0 Å². The molecule has 1 atom stereocenters. The van der Waals surface area contributed by atoms with Crippen LogP contribution < -0.4 is 9.46 Å². The lowest BCUT2D eigenvalue weighted by atomic mass is 9.92. The lowest BCUT2D eigenvalue weighted by molar-refractivity contribution is 0.400.